The lowest BCUT2D eigenvalue weighted by Crippen LogP contribution is -2.44. The van der Waals surface area contributed by atoms with Crippen molar-refractivity contribution in [3.05, 3.63) is 10.6 Å². The van der Waals surface area contributed by atoms with Crippen molar-refractivity contribution >= 4 is 22.3 Å². The third kappa shape index (κ3) is 2.17. The molecule has 3 N–H and O–H groups in total. The Morgan fingerprint density at radius 3 is 2.50 bits per heavy atom. The van der Waals surface area contributed by atoms with Gasteiger partial charge in [-0.1, -0.05) is 11.3 Å². The molecular weight excluding hydrogens is 222 g/mol. The minimum Gasteiger partial charge on any atom is -0.383 e. The van der Waals surface area contributed by atoms with Crippen LogP contribution in [0.2, 0.25) is 0 Å². The van der Waals surface area contributed by atoms with Crippen molar-refractivity contribution in [3.8, 4) is 0 Å². The first-order valence-corrected chi connectivity index (χ1v) is 6.15. The first-order chi connectivity index (χ1) is 7.58. The first-order valence-electron chi connectivity index (χ1n) is 5.33. The Hall–Kier alpha value is -1.14. The number of amidine groups is 1. The first kappa shape index (κ1) is 11.3. The van der Waals surface area contributed by atoms with Crippen LogP contribution in [0.25, 0.3) is 0 Å². The highest BCUT2D eigenvalue weighted by Gasteiger charge is 2.19. The van der Waals surface area contributed by atoms with Gasteiger partial charge in [0.25, 0.3) is 0 Å². The molecule has 1 aliphatic heterocycles. The van der Waals surface area contributed by atoms with Crippen molar-refractivity contribution in [2.45, 2.75) is 6.92 Å². The lowest BCUT2D eigenvalue weighted by molar-refractivity contribution is 0.312. The van der Waals surface area contributed by atoms with E-state index in [0.717, 1.165) is 41.9 Å². The van der Waals surface area contributed by atoms with Gasteiger partial charge in [-0.05, 0) is 14.0 Å². The number of likely N-dealkylation sites (N-methyl/N-ethyl adjacent to an activating group) is 1. The van der Waals surface area contributed by atoms with Gasteiger partial charge in [-0.3, -0.25) is 5.41 Å². The van der Waals surface area contributed by atoms with Gasteiger partial charge in [-0.2, -0.15) is 0 Å². The van der Waals surface area contributed by atoms with Gasteiger partial charge in [0, 0.05) is 26.2 Å². The van der Waals surface area contributed by atoms with Crippen molar-refractivity contribution in [1.29, 1.82) is 5.41 Å². The summed E-state index contributed by atoms with van der Waals surface area (Å²) in [6.07, 6.45) is 0. The molecule has 1 saturated heterocycles. The van der Waals surface area contributed by atoms with Gasteiger partial charge >= 0.3 is 0 Å². The SMILES string of the molecule is Cc1nc(N2CCN(C)CC2)sc1C(=N)N. The average molecular weight is 239 g/mol. The number of piperazine rings is 1. The normalized spacial score (nSPS) is 17.8. The van der Waals surface area contributed by atoms with Crippen LogP contribution in [-0.2, 0) is 0 Å². The largest absolute Gasteiger partial charge is 0.383 e. The fraction of sp³-hybridized carbons (Fsp3) is 0.600. The van der Waals surface area contributed by atoms with Crippen LogP contribution in [0.4, 0.5) is 5.13 Å². The highest BCUT2D eigenvalue weighted by atomic mass is 32.1. The number of nitrogen functional groups attached to an aromatic ring is 1. The molecule has 0 aromatic carbocycles. The summed E-state index contributed by atoms with van der Waals surface area (Å²) >= 11 is 1.52. The van der Waals surface area contributed by atoms with Gasteiger partial charge in [0.15, 0.2) is 5.13 Å². The van der Waals surface area contributed by atoms with E-state index in [2.05, 4.69) is 21.8 Å². The van der Waals surface area contributed by atoms with E-state index in [1.54, 1.807) is 0 Å². The number of aromatic nitrogens is 1. The Bertz CT molecular complexity index is 392. The minimum absolute atomic E-state index is 0.121. The topological polar surface area (TPSA) is 69.2 Å². The van der Waals surface area contributed by atoms with Crippen LogP contribution in [-0.4, -0.2) is 48.9 Å². The van der Waals surface area contributed by atoms with E-state index in [0.29, 0.717) is 0 Å². The molecule has 0 amide bonds. The number of anilines is 1. The second-order valence-corrected chi connectivity index (χ2v) is 5.09. The van der Waals surface area contributed by atoms with Gasteiger partial charge in [0.2, 0.25) is 0 Å². The molecule has 0 saturated carbocycles. The van der Waals surface area contributed by atoms with Crippen LogP contribution in [0.5, 0.6) is 0 Å². The second-order valence-electron chi connectivity index (χ2n) is 4.11. The van der Waals surface area contributed by atoms with Gasteiger partial charge in [0.05, 0.1) is 10.6 Å². The summed E-state index contributed by atoms with van der Waals surface area (Å²) in [5, 5.41) is 8.45. The predicted molar refractivity (Wildman–Crippen MR) is 67.6 cm³/mol. The maximum absolute atomic E-state index is 7.46. The molecule has 16 heavy (non-hydrogen) atoms. The smallest absolute Gasteiger partial charge is 0.186 e. The molecule has 2 rings (SSSR count). The third-order valence-corrected chi connectivity index (χ3v) is 4.06. The van der Waals surface area contributed by atoms with Crippen LogP contribution in [0.3, 0.4) is 0 Å². The van der Waals surface area contributed by atoms with E-state index in [9.17, 15) is 0 Å². The van der Waals surface area contributed by atoms with Crippen molar-refractivity contribution in [2.24, 2.45) is 5.73 Å². The maximum Gasteiger partial charge on any atom is 0.186 e. The third-order valence-electron chi connectivity index (χ3n) is 2.80. The van der Waals surface area contributed by atoms with Crippen LogP contribution >= 0.6 is 11.3 Å². The second kappa shape index (κ2) is 4.39. The zero-order valence-electron chi connectivity index (χ0n) is 9.66. The zero-order chi connectivity index (χ0) is 11.7. The molecule has 0 aliphatic carbocycles. The number of thiazole rings is 1. The Morgan fingerprint density at radius 2 is 2.00 bits per heavy atom. The molecule has 1 aliphatic rings. The van der Waals surface area contributed by atoms with E-state index in [-0.39, 0.29) is 5.84 Å². The van der Waals surface area contributed by atoms with Crippen LogP contribution < -0.4 is 10.6 Å². The Kier molecular flexibility index (Phi) is 3.11. The molecule has 1 aromatic heterocycles. The molecule has 0 spiro atoms. The molecule has 0 radical (unpaired) electrons. The number of nitrogens with two attached hydrogens (primary N) is 1. The fourth-order valence-electron chi connectivity index (χ4n) is 1.77. The van der Waals surface area contributed by atoms with Crippen LogP contribution in [0.1, 0.15) is 10.6 Å². The Labute approximate surface area is 99.4 Å². The fourth-order valence-corrected chi connectivity index (χ4v) is 2.75. The predicted octanol–water partition coefficient (Wildman–Crippen LogP) is 0.487. The van der Waals surface area contributed by atoms with Crippen LogP contribution in [0, 0.1) is 12.3 Å². The number of aryl methyl sites for hydroxylation is 1. The standard InChI is InChI=1S/C10H17N5S/c1-7-8(9(11)12)16-10(13-7)15-5-3-14(2)4-6-15/h3-6H2,1-2H3,(H3,11,12). The summed E-state index contributed by atoms with van der Waals surface area (Å²) in [6, 6.07) is 0. The number of rotatable bonds is 2. The number of nitrogens with one attached hydrogen (secondary N) is 1. The summed E-state index contributed by atoms with van der Waals surface area (Å²) in [5.74, 6) is 0.121. The Balaban J connectivity index is 2.15. The van der Waals surface area contributed by atoms with Crippen LogP contribution in [0.15, 0.2) is 0 Å². The summed E-state index contributed by atoms with van der Waals surface area (Å²) in [4.78, 5) is 9.86. The highest BCUT2D eigenvalue weighted by molar-refractivity contribution is 7.17. The van der Waals surface area contributed by atoms with E-state index in [1.807, 2.05) is 6.92 Å². The molecular formula is C10H17N5S. The summed E-state index contributed by atoms with van der Waals surface area (Å²) in [5.41, 5.74) is 6.37. The van der Waals surface area contributed by atoms with Crippen molar-refractivity contribution in [3.63, 3.8) is 0 Å². The van der Waals surface area contributed by atoms with Crippen molar-refractivity contribution in [1.82, 2.24) is 9.88 Å². The molecule has 88 valence electrons. The lowest BCUT2D eigenvalue weighted by Gasteiger charge is -2.32. The number of nitrogens with zero attached hydrogens (tertiary/aromatic N) is 3. The number of hydrogen-bond donors (Lipinski definition) is 2. The average Bonchev–Trinajstić information content (AvgIpc) is 2.61. The molecule has 6 heteroatoms. The van der Waals surface area contributed by atoms with Gasteiger partial charge in [-0.25, -0.2) is 4.98 Å². The Morgan fingerprint density at radius 1 is 1.38 bits per heavy atom. The lowest BCUT2D eigenvalue weighted by atomic mass is 10.3. The summed E-state index contributed by atoms with van der Waals surface area (Å²) in [6.45, 7) is 6.04. The quantitative estimate of drug-likeness (QED) is 0.582. The molecule has 0 bridgehead atoms. The summed E-state index contributed by atoms with van der Waals surface area (Å²) < 4.78 is 0. The monoisotopic (exact) mass is 239 g/mol. The van der Waals surface area contributed by atoms with E-state index in [4.69, 9.17) is 11.1 Å². The molecule has 2 heterocycles. The zero-order valence-corrected chi connectivity index (χ0v) is 10.5. The highest BCUT2D eigenvalue weighted by Crippen LogP contribution is 2.26. The van der Waals surface area contributed by atoms with E-state index >= 15 is 0 Å². The molecule has 1 fully saturated rings. The molecule has 1 aromatic rings. The van der Waals surface area contributed by atoms with E-state index in [1.165, 1.54) is 11.3 Å². The van der Waals surface area contributed by atoms with Gasteiger partial charge < -0.3 is 15.5 Å². The molecule has 0 atom stereocenters. The van der Waals surface area contributed by atoms with Gasteiger partial charge in [0.1, 0.15) is 5.84 Å². The van der Waals surface area contributed by atoms with E-state index < -0.39 is 0 Å². The molecule has 0 unspecified atom stereocenters. The summed E-state index contributed by atoms with van der Waals surface area (Å²) in [7, 11) is 2.13. The van der Waals surface area contributed by atoms with Crippen molar-refractivity contribution in [2.75, 3.05) is 38.1 Å². The molecule has 5 nitrogen and oxygen atoms in total. The maximum atomic E-state index is 7.46. The minimum atomic E-state index is 0.121. The number of hydrogen-bond acceptors (Lipinski definition) is 5. The van der Waals surface area contributed by atoms with Gasteiger partial charge in [-0.15, -0.1) is 0 Å². The van der Waals surface area contributed by atoms with Crippen molar-refractivity contribution < 1.29 is 0 Å².